The first kappa shape index (κ1) is 30.6. The molecule has 236 valence electrons. The summed E-state index contributed by atoms with van der Waals surface area (Å²) in [6.07, 6.45) is 7.70. The van der Waals surface area contributed by atoms with Gasteiger partial charge in [-0.25, -0.2) is 4.98 Å². The maximum atomic E-state index is 13.0. The van der Waals surface area contributed by atoms with Crippen molar-refractivity contribution in [2.75, 3.05) is 83.0 Å². The van der Waals surface area contributed by atoms with Gasteiger partial charge in [-0.3, -0.25) is 9.89 Å². The molecule has 3 aromatic rings. The molecule has 2 aromatic heterocycles. The van der Waals surface area contributed by atoms with Gasteiger partial charge in [0.05, 0.1) is 31.9 Å². The molecule has 0 amide bonds. The highest BCUT2D eigenvalue weighted by Gasteiger charge is 2.28. The smallest absolute Gasteiger partial charge is 0.306 e. The van der Waals surface area contributed by atoms with Crippen LogP contribution in [0.3, 0.4) is 0 Å². The number of carbonyl (C=O) groups excluding carboxylic acids is 1. The number of benzene rings is 1. The molecule has 3 aliphatic rings. The molecule has 2 saturated heterocycles. The van der Waals surface area contributed by atoms with Crippen molar-refractivity contribution in [1.82, 2.24) is 20.1 Å². The van der Waals surface area contributed by atoms with Crippen LogP contribution in [0, 0.1) is 5.92 Å². The minimum absolute atomic E-state index is 0.000145. The van der Waals surface area contributed by atoms with Gasteiger partial charge in [-0.2, -0.15) is 5.10 Å². The Morgan fingerprint density at radius 2 is 2.05 bits per heavy atom. The van der Waals surface area contributed by atoms with Crippen LogP contribution in [-0.2, 0) is 31.8 Å². The van der Waals surface area contributed by atoms with Crippen molar-refractivity contribution in [3.05, 3.63) is 59.4 Å². The van der Waals surface area contributed by atoms with Crippen molar-refractivity contribution in [2.24, 2.45) is 5.92 Å². The number of aromatic nitrogens is 3. The van der Waals surface area contributed by atoms with Gasteiger partial charge >= 0.3 is 5.97 Å². The van der Waals surface area contributed by atoms with E-state index in [2.05, 4.69) is 55.6 Å². The van der Waals surface area contributed by atoms with Crippen LogP contribution in [-0.4, -0.2) is 98.9 Å². The van der Waals surface area contributed by atoms with E-state index in [1.807, 2.05) is 6.07 Å². The molecule has 1 aromatic carbocycles. The number of hydrogen-bond acceptors (Lipinski definition) is 9. The fraction of sp³-hybridized carbons (Fsp3) is 0.559. The van der Waals surface area contributed by atoms with E-state index < -0.39 is 0 Å². The minimum atomic E-state index is -0.185. The second-order valence-corrected chi connectivity index (χ2v) is 12.3. The maximum absolute atomic E-state index is 13.0. The van der Waals surface area contributed by atoms with Crippen molar-refractivity contribution < 1.29 is 19.0 Å². The monoisotopic (exact) mass is 602 g/mol. The number of esters is 1. The number of H-pyrrole nitrogens is 1. The SMILES string of the molecule is COCCOC(=O)CC(CN1CCC(CCc2ccc3c(n2)NCCC3)C1)c1cc(-c2ccn[nH]2)cc(N2CCOCC2)c1. The van der Waals surface area contributed by atoms with Gasteiger partial charge in [-0.05, 0) is 86.0 Å². The number of likely N-dealkylation sites (tertiary alicyclic amines) is 1. The number of nitrogens with zero attached hydrogens (tertiary/aromatic N) is 4. The first-order valence-electron chi connectivity index (χ1n) is 16.2. The van der Waals surface area contributed by atoms with Crippen LogP contribution >= 0.6 is 0 Å². The Bertz CT molecular complexity index is 1360. The van der Waals surface area contributed by atoms with Gasteiger partial charge in [0.1, 0.15) is 12.4 Å². The molecular formula is C34H46N6O4. The second-order valence-electron chi connectivity index (χ2n) is 12.3. The standard InChI is InChI=1S/C34H46N6O4/c1-42-17-18-44-33(41)22-29(27-19-28(32-8-11-36-38-32)21-31(20-27)40-13-15-43-16-14-40)24-39-12-9-25(23-39)4-6-30-7-5-26-3-2-10-35-34(26)37-30/h5,7-8,11,19-21,25,29H,2-4,6,9-10,12-18,22-24H2,1H3,(H,35,37)(H,36,38). The number of pyridine rings is 1. The van der Waals surface area contributed by atoms with Crippen LogP contribution < -0.4 is 10.2 Å². The molecule has 0 radical (unpaired) electrons. The third kappa shape index (κ3) is 7.97. The number of fused-ring (bicyclic) bond motifs is 1. The number of anilines is 2. The zero-order valence-electron chi connectivity index (χ0n) is 25.9. The van der Waals surface area contributed by atoms with Gasteiger partial charge in [-0.1, -0.05) is 6.07 Å². The van der Waals surface area contributed by atoms with Crippen LogP contribution in [0.25, 0.3) is 11.3 Å². The van der Waals surface area contributed by atoms with E-state index >= 15 is 0 Å². The quantitative estimate of drug-likeness (QED) is 0.219. The van der Waals surface area contributed by atoms with Gasteiger partial charge in [0.15, 0.2) is 0 Å². The van der Waals surface area contributed by atoms with E-state index in [0.29, 0.717) is 32.2 Å². The molecule has 44 heavy (non-hydrogen) atoms. The Balaban J connectivity index is 1.16. The van der Waals surface area contributed by atoms with Gasteiger partial charge in [0.25, 0.3) is 0 Å². The predicted octanol–water partition coefficient (Wildman–Crippen LogP) is 4.28. The van der Waals surface area contributed by atoms with Crippen molar-refractivity contribution in [2.45, 2.75) is 44.4 Å². The lowest BCUT2D eigenvalue weighted by atomic mass is 9.92. The molecule has 5 heterocycles. The number of methoxy groups -OCH3 is 1. The lowest BCUT2D eigenvalue weighted by Gasteiger charge is -2.31. The summed E-state index contributed by atoms with van der Waals surface area (Å²) in [6.45, 7) is 7.69. The number of aromatic amines is 1. The summed E-state index contributed by atoms with van der Waals surface area (Å²) >= 11 is 0. The molecule has 3 aliphatic heterocycles. The third-order valence-electron chi connectivity index (χ3n) is 9.17. The van der Waals surface area contributed by atoms with Crippen molar-refractivity contribution in [1.29, 1.82) is 0 Å². The molecule has 2 fully saturated rings. The second kappa shape index (κ2) is 15.0. The Morgan fingerprint density at radius 3 is 2.89 bits per heavy atom. The van der Waals surface area contributed by atoms with Crippen LogP contribution in [0.1, 0.15) is 48.4 Å². The number of carbonyl (C=O) groups is 1. The first-order chi connectivity index (χ1) is 21.6. The predicted molar refractivity (Wildman–Crippen MR) is 171 cm³/mol. The van der Waals surface area contributed by atoms with Crippen LogP contribution in [0.2, 0.25) is 0 Å². The molecule has 0 aliphatic carbocycles. The molecule has 2 N–H and O–H groups in total. The van der Waals surface area contributed by atoms with Crippen LogP contribution in [0.5, 0.6) is 0 Å². The van der Waals surface area contributed by atoms with E-state index in [1.165, 1.54) is 24.1 Å². The summed E-state index contributed by atoms with van der Waals surface area (Å²) in [5.74, 6) is 1.51. The Labute approximate surface area is 260 Å². The summed E-state index contributed by atoms with van der Waals surface area (Å²) < 4.78 is 16.3. The highest BCUT2D eigenvalue weighted by atomic mass is 16.6. The van der Waals surface area contributed by atoms with Crippen molar-refractivity contribution in [3.63, 3.8) is 0 Å². The number of ether oxygens (including phenoxy) is 3. The third-order valence-corrected chi connectivity index (χ3v) is 9.17. The first-order valence-corrected chi connectivity index (χ1v) is 16.2. The van der Waals surface area contributed by atoms with Gasteiger partial charge in [-0.15, -0.1) is 0 Å². The lowest BCUT2D eigenvalue weighted by molar-refractivity contribution is -0.145. The number of hydrogen-bond donors (Lipinski definition) is 2. The van der Waals surface area contributed by atoms with E-state index in [0.717, 1.165) is 86.9 Å². The van der Waals surface area contributed by atoms with Gasteiger partial charge in [0.2, 0.25) is 0 Å². The molecule has 0 spiro atoms. The van der Waals surface area contributed by atoms with E-state index in [4.69, 9.17) is 19.2 Å². The molecule has 6 rings (SSSR count). The van der Waals surface area contributed by atoms with Crippen LogP contribution in [0.4, 0.5) is 11.5 Å². The summed E-state index contributed by atoms with van der Waals surface area (Å²) in [5, 5.41) is 10.8. The van der Waals surface area contributed by atoms with Crippen molar-refractivity contribution in [3.8, 4) is 11.3 Å². The normalized spacial score (nSPS) is 19.4. The van der Waals surface area contributed by atoms with Gasteiger partial charge in [0, 0.05) is 68.9 Å². The molecule has 2 atom stereocenters. The van der Waals surface area contributed by atoms with E-state index in [1.54, 1.807) is 13.3 Å². The molecule has 0 saturated carbocycles. The number of morpholine rings is 1. The average Bonchev–Trinajstić information content (AvgIpc) is 3.77. The molecule has 10 heteroatoms. The maximum Gasteiger partial charge on any atom is 0.306 e. The highest BCUT2D eigenvalue weighted by Crippen LogP contribution is 2.33. The molecule has 2 unspecified atom stereocenters. The summed E-state index contributed by atoms with van der Waals surface area (Å²) in [4.78, 5) is 22.9. The number of nitrogens with one attached hydrogen (secondary N) is 2. The fourth-order valence-electron chi connectivity index (χ4n) is 6.72. The highest BCUT2D eigenvalue weighted by molar-refractivity contribution is 5.72. The lowest BCUT2D eigenvalue weighted by Crippen LogP contribution is -2.36. The van der Waals surface area contributed by atoms with Gasteiger partial charge < -0.3 is 29.3 Å². The van der Waals surface area contributed by atoms with E-state index in [9.17, 15) is 4.79 Å². The zero-order chi connectivity index (χ0) is 30.1. The largest absolute Gasteiger partial charge is 0.463 e. The molecular weight excluding hydrogens is 556 g/mol. The Kier molecular flexibility index (Phi) is 10.4. The fourth-order valence-corrected chi connectivity index (χ4v) is 6.72. The van der Waals surface area contributed by atoms with Crippen LogP contribution in [0.15, 0.2) is 42.6 Å². The Hall–Kier alpha value is -3.47. The number of aryl methyl sites for hydroxylation is 2. The molecule has 10 nitrogen and oxygen atoms in total. The summed E-state index contributed by atoms with van der Waals surface area (Å²) in [6, 6.07) is 13.2. The minimum Gasteiger partial charge on any atom is -0.463 e. The van der Waals surface area contributed by atoms with Crippen molar-refractivity contribution >= 4 is 17.5 Å². The zero-order valence-corrected chi connectivity index (χ0v) is 25.9. The van der Waals surface area contributed by atoms with E-state index in [-0.39, 0.29) is 18.5 Å². The summed E-state index contributed by atoms with van der Waals surface area (Å²) in [7, 11) is 1.62. The molecule has 0 bridgehead atoms. The average molecular weight is 603 g/mol. The number of rotatable bonds is 13. The Morgan fingerprint density at radius 1 is 1.14 bits per heavy atom. The summed E-state index contributed by atoms with van der Waals surface area (Å²) in [5.41, 5.74) is 6.86. The topological polar surface area (TPSA) is 105 Å².